The predicted molar refractivity (Wildman–Crippen MR) is 113 cm³/mol. The van der Waals surface area contributed by atoms with Gasteiger partial charge in [-0.3, -0.25) is 4.98 Å². The van der Waals surface area contributed by atoms with Crippen LogP contribution in [-0.4, -0.2) is 22.1 Å². The zero-order valence-corrected chi connectivity index (χ0v) is 16.2. The monoisotopic (exact) mass is 391 g/mol. The Morgan fingerprint density at radius 1 is 0.929 bits per heavy atom. The van der Waals surface area contributed by atoms with E-state index in [1.54, 1.807) is 25.4 Å². The molecule has 0 aliphatic carbocycles. The lowest BCUT2D eigenvalue weighted by molar-refractivity contribution is 0.415. The molecule has 140 valence electrons. The molecular weight excluding hydrogens is 374 g/mol. The fraction of sp³-hybridized carbons (Fsp3) is 0.0952. The van der Waals surface area contributed by atoms with Crippen molar-refractivity contribution in [3.63, 3.8) is 0 Å². The summed E-state index contributed by atoms with van der Waals surface area (Å²) < 4.78 is 5.19. The highest BCUT2D eigenvalue weighted by molar-refractivity contribution is 6.32. The van der Waals surface area contributed by atoms with E-state index in [4.69, 9.17) is 16.3 Å². The molecular formula is C21H18ClN5O. The van der Waals surface area contributed by atoms with E-state index in [0.29, 0.717) is 28.2 Å². The van der Waals surface area contributed by atoms with Crippen LogP contribution < -0.4 is 15.4 Å². The number of halogens is 1. The Morgan fingerprint density at radius 2 is 1.71 bits per heavy atom. The van der Waals surface area contributed by atoms with Gasteiger partial charge in [-0.05, 0) is 37.3 Å². The third-order valence-electron chi connectivity index (χ3n) is 4.16. The number of para-hydroxylation sites is 1. The molecule has 28 heavy (non-hydrogen) atoms. The summed E-state index contributed by atoms with van der Waals surface area (Å²) in [5.74, 6) is 2.59. The van der Waals surface area contributed by atoms with Crippen molar-refractivity contribution in [3.8, 4) is 5.75 Å². The van der Waals surface area contributed by atoms with Gasteiger partial charge in [-0.25, -0.2) is 9.97 Å². The van der Waals surface area contributed by atoms with Gasteiger partial charge >= 0.3 is 0 Å². The van der Waals surface area contributed by atoms with Crippen LogP contribution >= 0.6 is 11.6 Å². The van der Waals surface area contributed by atoms with Gasteiger partial charge in [-0.1, -0.05) is 29.8 Å². The third kappa shape index (κ3) is 3.82. The number of ether oxygens (including phenoxy) is 1. The summed E-state index contributed by atoms with van der Waals surface area (Å²) in [6, 6.07) is 17.2. The van der Waals surface area contributed by atoms with Crippen LogP contribution in [-0.2, 0) is 0 Å². The number of benzene rings is 2. The highest BCUT2D eigenvalue weighted by Crippen LogP contribution is 2.29. The summed E-state index contributed by atoms with van der Waals surface area (Å²) >= 11 is 6.20. The molecule has 0 atom stereocenters. The maximum atomic E-state index is 6.20. The topological polar surface area (TPSA) is 72.0 Å². The van der Waals surface area contributed by atoms with Crippen LogP contribution in [0.5, 0.6) is 5.75 Å². The summed E-state index contributed by atoms with van der Waals surface area (Å²) in [4.78, 5) is 13.4. The minimum atomic E-state index is 0.526. The second kappa shape index (κ2) is 7.70. The molecule has 0 saturated heterocycles. The molecule has 0 saturated carbocycles. The first-order valence-corrected chi connectivity index (χ1v) is 9.07. The number of methoxy groups -OCH3 is 1. The molecule has 0 aliphatic rings. The molecule has 0 bridgehead atoms. The average Bonchev–Trinajstić information content (AvgIpc) is 2.68. The number of nitrogens with zero attached hydrogens (tertiary/aromatic N) is 3. The van der Waals surface area contributed by atoms with Crippen molar-refractivity contribution >= 4 is 45.5 Å². The van der Waals surface area contributed by atoms with Crippen LogP contribution in [0.25, 0.3) is 10.9 Å². The van der Waals surface area contributed by atoms with E-state index in [0.717, 1.165) is 22.3 Å². The van der Waals surface area contributed by atoms with Crippen LogP contribution in [0.15, 0.2) is 60.8 Å². The van der Waals surface area contributed by atoms with Gasteiger partial charge in [0.15, 0.2) is 0 Å². The lowest BCUT2D eigenvalue weighted by Crippen LogP contribution is -2.02. The van der Waals surface area contributed by atoms with Crippen molar-refractivity contribution in [3.05, 3.63) is 71.6 Å². The van der Waals surface area contributed by atoms with Crippen LogP contribution in [0.1, 0.15) is 5.82 Å². The molecule has 2 aromatic carbocycles. The molecule has 2 heterocycles. The quantitative estimate of drug-likeness (QED) is 0.469. The molecule has 0 radical (unpaired) electrons. The molecule has 0 spiro atoms. The number of aryl methyl sites for hydroxylation is 1. The van der Waals surface area contributed by atoms with Gasteiger partial charge in [0.05, 0.1) is 23.3 Å². The van der Waals surface area contributed by atoms with E-state index in [1.807, 2.05) is 49.4 Å². The molecule has 0 unspecified atom stereocenters. The third-order valence-corrected chi connectivity index (χ3v) is 4.45. The maximum Gasteiger partial charge on any atom is 0.137 e. The SMILES string of the molecule is COc1ccc(Nc2cc(Nc3cccc4cccnc34)nc(C)n2)cc1Cl. The molecule has 0 amide bonds. The number of rotatable bonds is 5. The lowest BCUT2D eigenvalue weighted by Gasteiger charge is -2.12. The minimum Gasteiger partial charge on any atom is -0.495 e. The zero-order valence-electron chi connectivity index (χ0n) is 15.4. The van der Waals surface area contributed by atoms with E-state index in [2.05, 4.69) is 25.6 Å². The summed E-state index contributed by atoms with van der Waals surface area (Å²) in [7, 11) is 1.59. The Kier molecular flexibility index (Phi) is 4.95. The van der Waals surface area contributed by atoms with E-state index < -0.39 is 0 Å². The highest BCUT2D eigenvalue weighted by Gasteiger charge is 2.08. The first kappa shape index (κ1) is 18.0. The Morgan fingerprint density at radius 3 is 2.50 bits per heavy atom. The first-order chi connectivity index (χ1) is 13.6. The molecule has 6 nitrogen and oxygen atoms in total. The number of nitrogens with one attached hydrogen (secondary N) is 2. The number of fused-ring (bicyclic) bond motifs is 1. The van der Waals surface area contributed by atoms with Gasteiger partial charge in [0, 0.05) is 23.3 Å². The number of pyridine rings is 1. The van der Waals surface area contributed by atoms with Crippen molar-refractivity contribution in [1.29, 1.82) is 0 Å². The Hall–Kier alpha value is -3.38. The highest BCUT2D eigenvalue weighted by atomic mass is 35.5. The fourth-order valence-corrected chi connectivity index (χ4v) is 3.19. The molecule has 7 heteroatoms. The average molecular weight is 392 g/mol. The van der Waals surface area contributed by atoms with Crippen molar-refractivity contribution in [1.82, 2.24) is 15.0 Å². The van der Waals surface area contributed by atoms with Crippen molar-refractivity contribution in [2.24, 2.45) is 0 Å². The van der Waals surface area contributed by atoms with Gasteiger partial charge in [0.1, 0.15) is 23.2 Å². The van der Waals surface area contributed by atoms with Crippen LogP contribution in [0.4, 0.5) is 23.0 Å². The number of aromatic nitrogens is 3. The summed E-state index contributed by atoms with van der Waals surface area (Å²) in [6.45, 7) is 1.85. The second-order valence-electron chi connectivity index (χ2n) is 6.17. The largest absolute Gasteiger partial charge is 0.495 e. The summed E-state index contributed by atoms with van der Waals surface area (Å²) in [5, 5.41) is 8.18. The van der Waals surface area contributed by atoms with Crippen LogP contribution in [0, 0.1) is 6.92 Å². The van der Waals surface area contributed by atoms with Gasteiger partial charge in [-0.15, -0.1) is 0 Å². The molecule has 2 N–H and O–H groups in total. The maximum absolute atomic E-state index is 6.20. The van der Waals surface area contributed by atoms with E-state index in [-0.39, 0.29) is 0 Å². The standard InChI is InChI=1S/C21H18ClN5O/c1-13-24-19(26-15-8-9-18(28-2)16(22)11-15)12-20(25-13)27-17-7-3-5-14-6-4-10-23-21(14)17/h3-12H,1-2H3,(H2,24,25,26,27). The predicted octanol–water partition coefficient (Wildman–Crippen LogP) is 5.48. The number of hydrogen-bond acceptors (Lipinski definition) is 6. The Balaban J connectivity index is 1.63. The Bertz CT molecular complexity index is 1140. The fourth-order valence-electron chi connectivity index (χ4n) is 2.93. The number of hydrogen-bond donors (Lipinski definition) is 2. The number of anilines is 4. The Labute approximate surface area is 167 Å². The van der Waals surface area contributed by atoms with Gasteiger partial charge in [0.2, 0.25) is 0 Å². The van der Waals surface area contributed by atoms with E-state index in [1.165, 1.54) is 0 Å². The molecule has 0 fully saturated rings. The van der Waals surface area contributed by atoms with Gasteiger partial charge < -0.3 is 15.4 Å². The molecule has 4 rings (SSSR count). The van der Waals surface area contributed by atoms with Crippen molar-refractivity contribution in [2.45, 2.75) is 6.92 Å². The van der Waals surface area contributed by atoms with Gasteiger partial charge in [-0.2, -0.15) is 0 Å². The van der Waals surface area contributed by atoms with E-state index >= 15 is 0 Å². The van der Waals surface area contributed by atoms with Crippen LogP contribution in [0.3, 0.4) is 0 Å². The van der Waals surface area contributed by atoms with Crippen molar-refractivity contribution < 1.29 is 4.74 Å². The smallest absolute Gasteiger partial charge is 0.137 e. The second-order valence-corrected chi connectivity index (χ2v) is 6.57. The zero-order chi connectivity index (χ0) is 19.5. The molecule has 4 aromatic rings. The molecule has 0 aliphatic heterocycles. The first-order valence-electron chi connectivity index (χ1n) is 8.69. The van der Waals surface area contributed by atoms with E-state index in [9.17, 15) is 0 Å². The van der Waals surface area contributed by atoms with Crippen molar-refractivity contribution in [2.75, 3.05) is 17.7 Å². The molecule has 2 aromatic heterocycles. The lowest BCUT2D eigenvalue weighted by atomic mass is 10.2. The summed E-state index contributed by atoms with van der Waals surface area (Å²) in [6.07, 6.45) is 1.78. The van der Waals surface area contributed by atoms with Crippen LogP contribution in [0.2, 0.25) is 5.02 Å². The normalized spacial score (nSPS) is 10.7. The summed E-state index contributed by atoms with van der Waals surface area (Å²) in [5.41, 5.74) is 2.58. The van der Waals surface area contributed by atoms with Gasteiger partial charge in [0.25, 0.3) is 0 Å². The minimum absolute atomic E-state index is 0.526.